The van der Waals surface area contributed by atoms with Gasteiger partial charge >= 0.3 is 0 Å². The van der Waals surface area contributed by atoms with E-state index >= 15 is 0 Å². The van der Waals surface area contributed by atoms with Crippen LogP contribution in [0.25, 0.3) is 0 Å². The van der Waals surface area contributed by atoms with E-state index in [2.05, 4.69) is 10.0 Å². The van der Waals surface area contributed by atoms with Gasteiger partial charge in [-0.05, 0) is 59.9 Å². The van der Waals surface area contributed by atoms with Gasteiger partial charge in [0.25, 0.3) is 0 Å². The number of nitrogens with zero attached hydrogens (tertiary/aromatic N) is 1. The highest BCUT2D eigenvalue weighted by Crippen LogP contribution is 2.23. The lowest BCUT2D eigenvalue weighted by Gasteiger charge is -2.25. The van der Waals surface area contributed by atoms with Crippen LogP contribution in [0, 0.1) is 23.0 Å². The zero-order chi connectivity index (χ0) is 26.3. The van der Waals surface area contributed by atoms with E-state index in [9.17, 15) is 22.3 Å². The summed E-state index contributed by atoms with van der Waals surface area (Å²) in [6.45, 7) is 2.48. The molecule has 0 fully saturated rings. The number of aliphatic hydroxyl groups excluding tert-OH is 1. The van der Waals surface area contributed by atoms with Crippen molar-refractivity contribution in [1.82, 2.24) is 10.0 Å². The van der Waals surface area contributed by atoms with E-state index in [1.165, 1.54) is 18.2 Å². The number of hydrogen-bond acceptors (Lipinski definition) is 5. The zero-order valence-electron chi connectivity index (χ0n) is 19.5. The molecule has 0 radical (unpaired) electrons. The lowest BCUT2D eigenvalue weighted by Crippen LogP contribution is -2.48. The summed E-state index contributed by atoms with van der Waals surface area (Å²) in [4.78, 5) is -0.282. The third-order valence-corrected chi connectivity index (χ3v) is 7.55. The summed E-state index contributed by atoms with van der Waals surface area (Å²) in [5.41, 5.74) is 2.51. The molecule has 0 aliphatic carbocycles. The van der Waals surface area contributed by atoms with Crippen molar-refractivity contribution in [3.05, 3.63) is 99.6 Å². The summed E-state index contributed by atoms with van der Waals surface area (Å²) in [6.07, 6.45) is -0.559. The fourth-order valence-corrected chi connectivity index (χ4v) is 5.57. The smallest absolute Gasteiger partial charge is 0.242 e. The Balaban J connectivity index is 1.81. The molecule has 0 spiro atoms. The third kappa shape index (κ3) is 7.56. The molecule has 0 aromatic heterocycles. The fraction of sp³-hybridized carbons (Fsp3) is 0.269. The van der Waals surface area contributed by atoms with Crippen molar-refractivity contribution in [2.45, 2.75) is 43.4 Å². The van der Waals surface area contributed by atoms with E-state index in [1.54, 1.807) is 0 Å². The maximum atomic E-state index is 13.8. The van der Waals surface area contributed by atoms with Crippen LogP contribution in [0.3, 0.4) is 0 Å². The molecule has 2 unspecified atom stereocenters. The van der Waals surface area contributed by atoms with Gasteiger partial charge in [0.15, 0.2) is 0 Å². The zero-order valence-corrected chi connectivity index (χ0v) is 21.1. The molecule has 0 aliphatic heterocycles. The maximum absolute atomic E-state index is 13.8. The van der Waals surface area contributed by atoms with Crippen LogP contribution in [0.4, 0.5) is 8.78 Å². The molecule has 10 heteroatoms. The van der Waals surface area contributed by atoms with Crippen LogP contribution in [0.15, 0.2) is 65.6 Å². The van der Waals surface area contributed by atoms with Crippen molar-refractivity contribution in [3.63, 3.8) is 0 Å². The van der Waals surface area contributed by atoms with E-state index in [1.807, 2.05) is 37.3 Å². The predicted octanol–water partition coefficient (Wildman–Crippen LogP) is 4.09. The first-order chi connectivity index (χ1) is 17.1. The van der Waals surface area contributed by atoms with Crippen LogP contribution in [0.2, 0.25) is 5.02 Å². The van der Waals surface area contributed by atoms with Gasteiger partial charge in [0.05, 0.1) is 28.8 Å². The molecule has 0 saturated heterocycles. The van der Waals surface area contributed by atoms with Crippen molar-refractivity contribution < 1.29 is 22.3 Å². The summed E-state index contributed by atoms with van der Waals surface area (Å²) in [5.74, 6) is -1.63. The van der Waals surface area contributed by atoms with Gasteiger partial charge < -0.3 is 10.4 Å². The number of hydrogen-bond donors (Lipinski definition) is 3. The van der Waals surface area contributed by atoms with Crippen LogP contribution in [0.5, 0.6) is 0 Å². The van der Waals surface area contributed by atoms with Crippen molar-refractivity contribution in [3.8, 4) is 6.07 Å². The minimum absolute atomic E-state index is 0.00242. The molecule has 0 bridgehead atoms. The maximum Gasteiger partial charge on any atom is 0.242 e. The normalized spacial score (nSPS) is 13.2. The second-order valence-corrected chi connectivity index (χ2v) is 10.4. The van der Waals surface area contributed by atoms with Crippen LogP contribution in [-0.4, -0.2) is 32.2 Å². The van der Waals surface area contributed by atoms with Crippen LogP contribution in [0.1, 0.15) is 29.2 Å². The Bertz CT molecular complexity index is 1340. The number of aryl methyl sites for hydroxylation is 1. The predicted molar refractivity (Wildman–Crippen MR) is 134 cm³/mol. The van der Waals surface area contributed by atoms with Crippen LogP contribution in [-0.2, 0) is 29.4 Å². The van der Waals surface area contributed by atoms with Gasteiger partial charge in [-0.1, -0.05) is 42.8 Å². The average Bonchev–Trinajstić information content (AvgIpc) is 2.82. The molecule has 3 aromatic carbocycles. The Labute approximate surface area is 214 Å². The van der Waals surface area contributed by atoms with E-state index in [0.717, 1.165) is 29.7 Å². The van der Waals surface area contributed by atoms with Gasteiger partial charge in [0.1, 0.15) is 16.5 Å². The molecule has 6 nitrogen and oxygen atoms in total. The molecular formula is C26H26ClF2N3O3S. The first kappa shape index (κ1) is 27.7. The van der Waals surface area contributed by atoms with E-state index in [4.69, 9.17) is 16.9 Å². The third-order valence-electron chi connectivity index (χ3n) is 5.58. The molecule has 2 atom stereocenters. The summed E-state index contributed by atoms with van der Waals surface area (Å²) >= 11 is 6.09. The molecule has 0 amide bonds. The van der Waals surface area contributed by atoms with E-state index < -0.39 is 33.8 Å². The fourth-order valence-electron chi connectivity index (χ4n) is 3.76. The Hall–Kier alpha value is -2.87. The number of benzene rings is 3. The van der Waals surface area contributed by atoms with Gasteiger partial charge in [-0.2, -0.15) is 5.26 Å². The molecular weight excluding hydrogens is 508 g/mol. The Morgan fingerprint density at radius 1 is 1.03 bits per heavy atom. The Kier molecular flexibility index (Phi) is 9.54. The molecule has 36 heavy (non-hydrogen) atoms. The number of rotatable bonds is 11. The van der Waals surface area contributed by atoms with Crippen molar-refractivity contribution in [1.29, 1.82) is 5.26 Å². The number of sulfonamides is 1. The molecule has 3 N–H and O–H groups in total. The highest BCUT2D eigenvalue weighted by Gasteiger charge is 2.28. The van der Waals surface area contributed by atoms with Gasteiger partial charge in [-0.15, -0.1) is 0 Å². The van der Waals surface area contributed by atoms with Gasteiger partial charge in [0, 0.05) is 19.2 Å². The number of halogens is 3. The minimum Gasteiger partial charge on any atom is -0.390 e. The highest BCUT2D eigenvalue weighted by molar-refractivity contribution is 7.89. The summed E-state index contributed by atoms with van der Waals surface area (Å²) in [5, 5.41) is 22.8. The summed E-state index contributed by atoms with van der Waals surface area (Å²) in [6, 6.07) is 15.2. The Morgan fingerprint density at radius 2 is 1.72 bits per heavy atom. The monoisotopic (exact) mass is 533 g/mol. The minimum atomic E-state index is -4.25. The largest absolute Gasteiger partial charge is 0.390 e. The lowest BCUT2D eigenvalue weighted by molar-refractivity contribution is 0.134. The van der Waals surface area contributed by atoms with Crippen molar-refractivity contribution >= 4 is 21.6 Å². The second kappa shape index (κ2) is 12.4. The summed E-state index contributed by atoms with van der Waals surface area (Å²) in [7, 11) is -4.25. The molecule has 0 heterocycles. The first-order valence-electron chi connectivity index (χ1n) is 11.2. The number of aliphatic hydroxyl groups is 1. The number of nitriles is 1. The molecule has 0 aliphatic rings. The van der Waals surface area contributed by atoms with Crippen molar-refractivity contribution in [2.24, 2.45) is 0 Å². The van der Waals surface area contributed by atoms with Gasteiger partial charge in [-0.25, -0.2) is 21.9 Å². The Morgan fingerprint density at radius 3 is 2.36 bits per heavy atom. The molecule has 190 valence electrons. The van der Waals surface area contributed by atoms with E-state index in [-0.39, 0.29) is 34.0 Å². The van der Waals surface area contributed by atoms with Gasteiger partial charge in [0.2, 0.25) is 10.0 Å². The standard InChI is InChI=1S/C26H26ClF2N3O3S/c1-2-17-4-3-5-19(8-17)15-31-16-25(33)24(12-20-9-21(28)13-22(29)10-20)32-36(34,35)26-7-6-18(14-30)11-23(26)27/h3-11,13,24-25,31-33H,2,12,15-16H2,1H3. The second-order valence-electron chi connectivity index (χ2n) is 8.34. The topological polar surface area (TPSA) is 102 Å². The van der Waals surface area contributed by atoms with Crippen LogP contribution < -0.4 is 10.0 Å². The summed E-state index contributed by atoms with van der Waals surface area (Å²) < 4.78 is 56.1. The average molecular weight is 534 g/mol. The first-order valence-corrected chi connectivity index (χ1v) is 13.1. The molecule has 3 rings (SSSR count). The quantitative estimate of drug-likeness (QED) is 0.344. The number of nitrogens with one attached hydrogen (secondary N) is 2. The SMILES string of the molecule is CCc1cccc(CNCC(O)C(Cc2cc(F)cc(F)c2)NS(=O)(=O)c2ccc(C#N)cc2Cl)c1. The highest BCUT2D eigenvalue weighted by atomic mass is 35.5. The molecule has 3 aromatic rings. The van der Waals surface area contributed by atoms with E-state index in [0.29, 0.717) is 12.6 Å². The lowest BCUT2D eigenvalue weighted by atomic mass is 10.0. The van der Waals surface area contributed by atoms with Gasteiger partial charge in [-0.3, -0.25) is 0 Å². The van der Waals surface area contributed by atoms with Crippen LogP contribution >= 0.6 is 11.6 Å². The molecule has 0 saturated carbocycles. The van der Waals surface area contributed by atoms with Crippen molar-refractivity contribution in [2.75, 3.05) is 6.54 Å².